The lowest BCUT2D eigenvalue weighted by atomic mass is 9.71. The van der Waals surface area contributed by atoms with Crippen molar-refractivity contribution in [3.8, 4) is 58.1 Å². The average molecular weight is 1030 g/mol. The van der Waals surface area contributed by atoms with Gasteiger partial charge in [0, 0.05) is 64.1 Å². The lowest BCUT2D eigenvalue weighted by Gasteiger charge is -2.60. The zero-order chi connectivity index (χ0) is 53.8. The third kappa shape index (κ3) is 7.35. The summed E-state index contributed by atoms with van der Waals surface area (Å²) in [6.07, 6.45) is 6.40. The van der Waals surface area contributed by atoms with Crippen LogP contribution in [0.2, 0.25) is 0 Å². The van der Waals surface area contributed by atoms with Crippen LogP contribution >= 0.6 is 0 Å². The normalized spacial score (nSPS) is 27.1. The van der Waals surface area contributed by atoms with Crippen molar-refractivity contribution in [3.05, 3.63) is 115 Å². The number of fused-ring (bicyclic) bond motifs is 18. The molecule has 76 heavy (non-hydrogen) atoms. The number of hydrogen-bond acceptors (Lipinski definition) is 16. The summed E-state index contributed by atoms with van der Waals surface area (Å²) < 4.78 is 48.1. The summed E-state index contributed by atoms with van der Waals surface area (Å²) in [5.41, 5.74) is 22.1. The minimum atomic E-state index is -0.427. The van der Waals surface area contributed by atoms with E-state index in [4.69, 9.17) is 43.6 Å². The molecule has 400 valence electrons. The average Bonchev–Trinajstić information content (AvgIpc) is 4.14. The van der Waals surface area contributed by atoms with Crippen molar-refractivity contribution in [3.63, 3.8) is 0 Å². The van der Waals surface area contributed by atoms with Crippen molar-refractivity contribution < 1.29 is 43.0 Å². The summed E-state index contributed by atoms with van der Waals surface area (Å²) in [7, 11) is 7.77. The van der Waals surface area contributed by atoms with Gasteiger partial charge >= 0.3 is 0 Å². The third-order valence-corrected chi connectivity index (χ3v) is 18.2. The zero-order valence-corrected chi connectivity index (χ0v) is 45.5. The Morgan fingerprint density at radius 2 is 1.01 bits per heavy atom. The standard InChI is InChI=1S/C30H36N4O4.C30H35N3O5/c1-7-8-36-28-17(4)29-30(38-14-37-29)25-19(28)11-21-26-24-16(3)27(35-6)15(2)9-18(24)10-20(33(26)5)22(12-31)34(21)23(25)13-32;1-7-8-36-28-17(4)29-30(38-14-37-29)25-19(28)11-21-26-24-16(3)27(35-6)15(2)9-18(24)10-20(32(26)5)22(12-31)33(21)23(25)13-34/h7,9,20-23,26H,1,8,10-11,13-14,32H2,2-6H3;7,9,20-23,26,34H,1,8,10-11,13-14H2,2-6H3/t2*20-,21?,22-,23-,26?/m00/s1. The zero-order valence-electron chi connectivity index (χ0n) is 45.5. The summed E-state index contributed by atoms with van der Waals surface area (Å²) in [6, 6.07) is 8.51. The molecule has 12 rings (SSSR count). The van der Waals surface area contributed by atoms with E-state index in [1.165, 1.54) is 27.8 Å². The van der Waals surface area contributed by atoms with E-state index in [0.717, 1.165) is 91.7 Å². The van der Waals surface area contributed by atoms with E-state index in [-0.39, 0.29) is 68.5 Å². The molecule has 4 aromatic rings. The highest BCUT2D eigenvalue weighted by molar-refractivity contribution is 5.68. The van der Waals surface area contributed by atoms with Gasteiger partial charge in [0.1, 0.15) is 48.3 Å². The Hall–Kier alpha value is -6.50. The fraction of sp³-hybridized carbons (Fsp3) is 0.500. The van der Waals surface area contributed by atoms with E-state index < -0.39 is 12.1 Å². The fourth-order valence-electron chi connectivity index (χ4n) is 15.4. The minimum absolute atomic E-state index is 0.0105. The van der Waals surface area contributed by atoms with E-state index in [0.29, 0.717) is 49.8 Å². The molecular weight excluding hydrogens is 963 g/mol. The fourth-order valence-corrected chi connectivity index (χ4v) is 15.4. The van der Waals surface area contributed by atoms with Gasteiger partial charge in [-0.2, -0.15) is 10.5 Å². The van der Waals surface area contributed by atoms with Crippen LogP contribution in [0.3, 0.4) is 0 Å². The molecule has 0 radical (unpaired) electrons. The van der Waals surface area contributed by atoms with Crippen molar-refractivity contribution in [2.45, 2.75) is 128 Å². The first-order valence-corrected chi connectivity index (χ1v) is 26.5. The third-order valence-electron chi connectivity index (χ3n) is 18.2. The molecule has 4 aromatic carbocycles. The predicted molar refractivity (Wildman–Crippen MR) is 286 cm³/mol. The first-order chi connectivity index (χ1) is 36.7. The molecule has 0 aliphatic carbocycles. The number of aryl methyl sites for hydroxylation is 2. The number of nitrogens with two attached hydrogens (primary N) is 1. The second-order valence-corrected chi connectivity index (χ2v) is 21.7. The van der Waals surface area contributed by atoms with Crippen LogP contribution in [0.15, 0.2) is 37.4 Å². The molecular formula is C60H71N7O9. The quantitative estimate of drug-likeness (QED) is 0.151. The van der Waals surface area contributed by atoms with E-state index in [9.17, 15) is 15.6 Å². The van der Waals surface area contributed by atoms with E-state index in [1.807, 2.05) is 13.8 Å². The number of likely N-dealkylation sites (N-methyl/N-ethyl adjacent to an activating group) is 2. The highest BCUT2D eigenvalue weighted by Crippen LogP contribution is 2.60. The van der Waals surface area contributed by atoms with Gasteiger partial charge in [-0.05, 0) is 126 Å². The first kappa shape index (κ1) is 51.6. The van der Waals surface area contributed by atoms with Gasteiger partial charge in [0.15, 0.2) is 23.0 Å². The molecule has 3 N–H and O–H groups in total. The van der Waals surface area contributed by atoms with Crippen LogP contribution < -0.4 is 43.6 Å². The first-order valence-electron chi connectivity index (χ1n) is 26.5. The van der Waals surface area contributed by atoms with E-state index in [2.05, 4.69) is 98.8 Å². The molecule has 16 nitrogen and oxygen atoms in total. The summed E-state index contributed by atoms with van der Waals surface area (Å²) in [5, 5.41) is 32.1. The van der Waals surface area contributed by atoms with Gasteiger partial charge in [-0.15, -0.1) is 0 Å². The number of methoxy groups -OCH3 is 2. The molecule has 2 saturated heterocycles. The summed E-state index contributed by atoms with van der Waals surface area (Å²) in [5.74, 6) is 6.19. The molecule has 0 spiro atoms. The van der Waals surface area contributed by atoms with Crippen molar-refractivity contribution >= 4 is 0 Å². The van der Waals surface area contributed by atoms with Gasteiger partial charge in [-0.25, -0.2) is 0 Å². The van der Waals surface area contributed by atoms with Crippen LogP contribution in [0.5, 0.6) is 46.0 Å². The van der Waals surface area contributed by atoms with Gasteiger partial charge in [-0.1, -0.05) is 37.4 Å². The summed E-state index contributed by atoms with van der Waals surface area (Å²) in [6.45, 7) is 21.4. The smallest absolute Gasteiger partial charge is 0.231 e. The molecule has 16 heteroatoms. The number of hydrogen-bond donors (Lipinski definition) is 2. The van der Waals surface area contributed by atoms with Gasteiger partial charge < -0.3 is 48.7 Å². The number of aliphatic hydroxyl groups excluding tert-OH is 1. The van der Waals surface area contributed by atoms with Gasteiger partial charge in [0.05, 0.1) is 57.1 Å². The molecule has 8 heterocycles. The Balaban J connectivity index is 0.000000162. The molecule has 0 saturated carbocycles. The van der Waals surface area contributed by atoms with Crippen LogP contribution in [0.1, 0.15) is 102 Å². The highest BCUT2D eigenvalue weighted by Gasteiger charge is 2.58. The topological polar surface area (TPSA) is 181 Å². The monoisotopic (exact) mass is 1030 g/mol. The number of ether oxygens (including phenoxy) is 8. The van der Waals surface area contributed by atoms with E-state index in [1.54, 1.807) is 26.4 Å². The molecule has 2 fully saturated rings. The number of aliphatic hydroxyl groups is 1. The Bertz CT molecular complexity index is 2940. The number of nitrogens with zero attached hydrogens (tertiary/aromatic N) is 6. The molecule has 0 amide bonds. The van der Waals surface area contributed by atoms with Crippen molar-refractivity contribution in [1.82, 2.24) is 19.6 Å². The van der Waals surface area contributed by atoms with Crippen LogP contribution in [0.4, 0.5) is 0 Å². The van der Waals surface area contributed by atoms with Gasteiger partial charge in [0.25, 0.3) is 0 Å². The van der Waals surface area contributed by atoms with Crippen molar-refractivity contribution in [2.24, 2.45) is 5.73 Å². The summed E-state index contributed by atoms with van der Waals surface area (Å²) >= 11 is 0. The maximum Gasteiger partial charge on any atom is 0.231 e. The molecule has 0 aromatic heterocycles. The number of piperazine rings is 2. The summed E-state index contributed by atoms with van der Waals surface area (Å²) in [4.78, 5) is 9.42. The Morgan fingerprint density at radius 1 is 0.605 bits per heavy atom. The van der Waals surface area contributed by atoms with Crippen LogP contribution in [0, 0.1) is 64.2 Å². The van der Waals surface area contributed by atoms with E-state index >= 15 is 0 Å². The number of benzene rings is 4. The maximum absolute atomic E-state index is 10.9. The van der Waals surface area contributed by atoms with Gasteiger partial charge in [0.2, 0.25) is 13.6 Å². The lowest BCUT2D eigenvalue weighted by molar-refractivity contribution is -0.0821. The number of nitriles is 2. The van der Waals surface area contributed by atoms with Crippen molar-refractivity contribution in [1.29, 1.82) is 10.5 Å². The molecule has 4 unspecified atom stereocenters. The largest absolute Gasteiger partial charge is 0.496 e. The molecule has 10 atom stereocenters. The minimum Gasteiger partial charge on any atom is -0.496 e. The van der Waals surface area contributed by atoms with Crippen LogP contribution in [-0.4, -0.2) is 129 Å². The molecule has 8 aliphatic rings. The van der Waals surface area contributed by atoms with Crippen molar-refractivity contribution in [2.75, 3.05) is 68.3 Å². The Morgan fingerprint density at radius 3 is 1.39 bits per heavy atom. The lowest BCUT2D eigenvalue weighted by Crippen LogP contribution is -2.68. The van der Waals surface area contributed by atoms with Crippen LogP contribution in [0.25, 0.3) is 0 Å². The second kappa shape index (κ2) is 19.8. The highest BCUT2D eigenvalue weighted by atomic mass is 16.7. The van der Waals surface area contributed by atoms with Crippen LogP contribution in [-0.2, 0) is 25.7 Å². The predicted octanol–water partition coefficient (Wildman–Crippen LogP) is 7.32. The Kier molecular flexibility index (Phi) is 13.5. The number of rotatable bonds is 10. The Labute approximate surface area is 446 Å². The molecule has 8 aliphatic heterocycles. The molecule has 4 bridgehead atoms. The SMILES string of the molecule is C=CCOc1c(C)c2c(c3c1CC1C4c5c(cc(C)c(OC)c5C)C[C@@H]([C@H](C#N)N1[C@H]3CN)N4C)OCO2.C=CCOc1c(C)c2c(c3c1CC1C4c5c(cc(C)c(OC)c5C)C[C@@H]([C@H](C#N)N1[C@H]3CO)N4C)OCO2. The maximum atomic E-state index is 10.9. The van der Waals surface area contributed by atoms with Gasteiger partial charge in [-0.3, -0.25) is 19.6 Å². The second-order valence-electron chi connectivity index (χ2n) is 21.7.